The van der Waals surface area contributed by atoms with Gasteiger partial charge < -0.3 is 15.5 Å². The second kappa shape index (κ2) is 5.33. The van der Waals surface area contributed by atoms with Gasteiger partial charge in [-0.3, -0.25) is 4.79 Å². The highest BCUT2D eigenvalue weighted by molar-refractivity contribution is 5.94. The number of rotatable bonds is 5. The number of nitrogens with one attached hydrogen (secondary N) is 1. The molecule has 4 nitrogen and oxygen atoms in total. The summed E-state index contributed by atoms with van der Waals surface area (Å²) in [5, 5.41) is 2.92. The third-order valence-corrected chi connectivity index (χ3v) is 4.01. The van der Waals surface area contributed by atoms with E-state index in [9.17, 15) is 9.18 Å². The molecule has 0 radical (unpaired) electrons. The summed E-state index contributed by atoms with van der Waals surface area (Å²) in [6.07, 6.45) is 3.41. The van der Waals surface area contributed by atoms with Crippen LogP contribution in [0.15, 0.2) is 41.0 Å². The molecule has 1 aromatic heterocycles. The van der Waals surface area contributed by atoms with E-state index < -0.39 is 0 Å². The van der Waals surface area contributed by atoms with Crippen LogP contribution >= 0.6 is 0 Å². The second-order valence-corrected chi connectivity index (χ2v) is 5.48. The molecule has 1 aromatic carbocycles. The number of halogens is 1. The van der Waals surface area contributed by atoms with Gasteiger partial charge in [0.15, 0.2) is 0 Å². The average Bonchev–Trinajstić information content (AvgIpc) is 3.13. The number of furan rings is 1. The standard InChI is InChI=1S/C16H17FN2O2/c17-13-3-1-12(2-4-13)16(5-6-16)10-19-15(20)11-7-14(8-18)21-9-11/h1-4,7,9H,5-6,8,10,18H2,(H,19,20). The summed E-state index contributed by atoms with van der Waals surface area (Å²) in [6.45, 7) is 0.813. The molecule has 0 spiro atoms. The summed E-state index contributed by atoms with van der Waals surface area (Å²) >= 11 is 0. The monoisotopic (exact) mass is 288 g/mol. The largest absolute Gasteiger partial charge is 0.467 e. The van der Waals surface area contributed by atoms with Crippen molar-refractivity contribution >= 4 is 5.91 Å². The molecule has 3 N–H and O–H groups in total. The fourth-order valence-corrected chi connectivity index (χ4v) is 2.48. The molecule has 1 amide bonds. The molecule has 1 fully saturated rings. The molecule has 0 saturated heterocycles. The Labute approximate surface area is 122 Å². The fourth-order valence-electron chi connectivity index (χ4n) is 2.48. The van der Waals surface area contributed by atoms with Gasteiger partial charge >= 0.3 is 0 Å². The summed E-state index contributed by atoms with van der Waals surface area (Å²) in [5.41, 5.74) is 6.94. The fraction of sp³-hybridized carbons (Fsp3) is 0.312. The number of amides is 1. The van der Waals surface area contributed by atoms with Gasteiger partial charge in [-0.15, -0.1) is 0 Å². The van der Waals surface area contributed by atoms with E-state index in [1.54, 1.807) is 18.2 Å². The van der Waals surface area contributed by atoms with Gasteiger partial charge in [0.1, 0.15) is 17.8 Å². The van der Waals surface area contributed by atoms with Crippen LogP contribution in [0.5, 0.6) is 0 Å². The lowest BCUT2D eigenvalue weighted by atomic mass is 9.96. The van der Waals surface area contributed by atoms with Gasteiger partial charge in [-0.25, -0.2) is 4.39 Å². The lowest BCUT2D eigenvalue weighted by molar-refractivity contribution is 0.0949. The number of hydrogen-bond acceptors (Lipinski definition) is 3. The molecule has 0 unspecified atom stereocenters. The van der Waals surface area contributed by atoms with Crippen LogP contribution in [-0.4, -0.2) is 12.5 Å². The van der Waals surface area contributed by atoms with E-state index in [1.807, 2.05) is 0 Å². The van der Waals surface area contributed by atoms with Gasteiger partial charge in [-0.1, -0.05) is 12.1 Å². The summed E-state index contributed by atoms with van der Waals surface area (Å²) in [5.74, 6) is 0.165. The molecule has 1 saturated carbocycles. The number of hydrogen-bond donors (Lipinski definition) is 2. The van der Waals surface area contributed by atoms with Crippen LogP contribution in [0, 0.1) is 5.82 Å². The highest BCUT2D eigenvalue weighted by atomic mass is 19.1. The minimum atomic E-state index is -0.244. The Kier molecular flexibility index (Phi) is 3.51. The second-order valence-electron chi connectivity index (χ2n) is 5.48. The lowest BCUT2D eigenvalue weighted by Gasteiger charge is -2.16. The van der Waals surface area contributed by atoms with Crippen LogP contribution in [0.3, 0.4) is 0 Å². The van der Waals surface area contributed by atoms with Crippen LogP contribution in [0.1, 0.15) is 34.5 Å². The smallest absolute Gasteiger partial charge is 0.254 e. The number of carbonyl (C=O) groups excluding carboxylic acids is 1. The molecule has 1 aliphatic rings. The van der Waals surface area contributed by atoms with Gasteiger partial charge in [-0.2, -0.15) is 0 Å². The van der Waals surface area contributed by atoms with Crippen molar-refractivity contribution in [3.63, 3.8) is 0 Å². The summed E-state index contributed by atoms with van der Waals surface area (Å²) in [4.78, 5) is 12.1. The summed E-state index contributed by atoms with van der Waals surface area (Å²) in [6, 6.07) is 8.15. The zero-order valence-electron chi connectivity index (χ0n) is 11.6. The van der Waals surface area contributed by atoms with Crippen LogP contribution in [-0.2, 0) is 12.0 Å². The number of nitrogens with two attached hydrogens (primary N) is 1. The first-order chi connectivity index (χ1) is 10.1. The van der Waals surface area contributed by atoms with E-state index in [0.29, 0.717) is 17.9 Å². The Morgan fingerprint density at radius 3 is 2.62 bits per heavy atom. The maximum atomic E-state index is 13.0. The van der Waals surface area contributed by atoms with Crippen molar-refractivity contribution in [2.24, 2.45) is 5.73 Å². The minimum absolute atomic E-state index is 0.0518. The molecule has 21 heavy (non-hydrogen) atoms. The van der Waals surface area contributed by atoms with Crippen LogP contribution in [0.25, 0.3) is 0 Å². The quantitative estimate of drug-likeness (QED) is 0.887. The molecule has 0 aliphatic heterocycles. The van der Waals surface area contributed by atoms with Crippen LogP contribution in [0.2, 0.25) is 0 Å². The SMILES string of the molecule is NCc1cc(C(=O)NCC2(c3ccc(F)cc3)CC2)co1. The Bertz CT molecular complexity index is 645. The van der Waals surface area contributed by atoms with E-state index in [0.717, 1.165) is 18.4 Å². The molecule has 2 aromatic rings. The molecule has 1 aliphatic carbocycles. The Balaban J connectivity index is 1.64. The van der Waals surface area contributed by atoms with E-state index in [1.165, 1.54) is 18.4 Å². The minimum Gasteiger partial charge on any atom is -0.467 e. The molecule has 0 atom stereocenters. The van der Waals surface area contributed by atoms with Crippen molar-refractivity contribution in [1.82, 2.24) is 5.32 Å². The van der Waals surface area contributed by atoms with E-state index in [2.05, 4.69) is 5.32 Å². The van der Waals surface area contributed by atoms with Crippen molar-refractivity contribution < 1.29 is 13.6 Å². The third-order valence-electron chi connectivity index (χ3n) is 4.01. The first kappa shape index (κ1) is 13.8. The van der Waals surface area contributed by atoms with Gasteiger partial charge in [0.25, 0.3) is 5.91 Å². The predicted molar refractivity (Wildman–Crippen MR) is 76.2 cm³/mol. The normalized spacial score (nSPS) is 15.7. The first-order valence-electron chi connectivity index (χ1n) is 6.95. The Morgan fingerprint density at radius 2 is 2.05 bits per heavy atom. The lowest BCUT2D eigenvalue weighted by Crippen LogP contribution is -2.32. The zero-order valence-corrected chi connectivity index (χ0v) is 11.6. The molecule has 1 heterocycles. The highest BCUT2D eigenvalue weighted by Gasteiger charge is 2.44. The molecule has 5 heteroatoms. The topological polar surface area (TPSA) is 68.3 Å². The molecular formula is C16H17FN2O2. The Morgan fingerprint density at radius 1 is 1.33 bits per heavy atom. The van der Waals surface area contributed by atoms with Crippen molar-refractivity contribution in [1.29, 1.82) is 0 Å². The molecule has 0 bridgehead atoms. The van der Waals surface area contributed by atoms with Gasteiger partial charge in [0.2, 0.25) is 0 Å². The zero-order chi connectivity index (χ0) is 14.9. The number of benzene rings is 1. The van der Waals surface area contributed by atoms with Crippen molar-refractivity contribution in [2.45, 2.75) is 24.8 Å². The van der Waals surface area contributed by atoms with Gasteiger partial charge in [0, 0.05) is 12.0 Å². The molecular weight excluding hydrogens is 271 g/mol. The van der Waals surface area contributed by atoms with Gasteiger partial charge in [0.05, 0.1) is 12.1 Å². The van der Waals surface area contributed by atoms with Crippen molar-refractivity contribution in [3.8, 4) is 0 Å². The average molecular weight is 288 g/mol. The summed E-state index contributed by atoms with van der Waals surface area (Å²) in [7, 11) is 0. The number of carbonyl (C=O) groups is 1. The molecule has 3 rings (SSSR count). The maximum Gasteiger partial charge on any atom is 0.254 e. The van der Waals surface area contributed by atoms with Crippen molar-refractivity contribution in [3.05, 3.63) is 59.3 Å². The van der Waals surface area contributed by atoms with Crippen LogP contribution in [0.4, 0.5) is 4.39 Å². The Hall–Kier alpha value is -2.14. The van der Waals surface area contributed by atoms with E-state index in [4.69, 9.17) is 10.2 Å². The van der Waals surface area contributed by atoms with Gasteiger partial charge in [-0.05, 0) is 36.6 Å². The van der Waals surface area contributed by atoms with E-state index in [-0.39, 0.29) is 23.7 Å². The predicted octanol–water partition coefficient (Wildman–Crippen LogP) is 2.34. The highest BCUT2D eigenvalue weighted by Crippen LogP contribution is 2.47. The maximum absolute atomic E-state index is 13.0. The van der Waals surface area contributed by atoms with Crippen molar-refractivity contribution in [2.75, 3.05) is 6.54 Å². The van der Waals surface area contributed by atoms with E-state index >= 15 is 0 Å². The van der Waals surface area contributed by atoms with Crippen LogP contribution < -0.4 is 11.1 Å². The first-order valence-corrected chi connectivity index (χ1v) is 6.95. The summed E-state index contributed by atoms with van der Waals surface area (Å²) < 4.78 is 18.1. The third kappa shape index (κ3) is 2.83. The molecule has 110 valence electrons.